The van der Waals surface area contributed by atoms with Crippen molar-refractivity contribution in [2.75, 3.05) is 72.4 Å². The number of amides is 3. The highest BCUT2D eigenvalue weighted by Crippen LogP contribution is 2.30. The Labute approximate surface area is 255 Å². The molecule has 4 fully saturated rings. The zero-order chi connectivity index (χ0) is 29.9. The summed E-state index contributed by atoms with van der Waals surface area (Å²) >= 11 is 0. The maximum Gasteiger partial charge on any atom is 0.246 e. The van der Waals surface area contributed by atoms with Gasteiger partial charge in [-0.05, 0) is 56.0 Å². The molecule has 11 heteroatoms. The molecule has 1 aromatic rings. The van der Waals surface area contributed by atoms with Crippen LogP contribution in [0.3, 0.4) is 0 Å². The smallest absolute Gasteiger partial charge is 0.246 e. The van der Waals surface area contributed by atoms with Gasteiger partial charge < -0.3 is 30.2 Å². The third-order valence-electron chi connectivity index (χ3n) is 9.33. The number of carbonyl (C=O) groups excluding carboxylic acids is 3. The predicted octanol–water partition coefficient (Wildman–Crippen LogP) is 0.922. The number of piperidine rings is 1. The second-order valence-corrected chi connectivity index (χ2v) is 12.4. The quantitative estimate of drug-likeness (QED) is 0.469. The number of benzene rings is 1. The Kier molecular flexibility index (Phi) is 12.2. The molecule has 4 atom stereocenters. The topological polar surface area (TPSA) is 121 Å². The number of carbonyl (C=O) groups is 3. The molecule has 2 bridgehead atoms. The van der Waals surface area contributed by atoms with E-state index in [4.69, 9.17) is 14.2 Å². The zero-order valence-corrected chi connectivity index (χ0v) is 25.3. The average Bonchev–Trinajstić information content (AvgIpc) is 3.44. The molecule has 0 aliphatic carbocycles. The molecule has 4 aliphatic rings. The minimum absolute atomic E-state index is 0.0220. The van der Waals surface area contributed by atoms with Crippen LogP contribution in [0.1, 0.15) is 44.1 Å². The first kappa shape index (κ1) is 31.8. The Bertz CT molecular complexity index is 1040. The second-order valence-electron chi connectivity index (χ2n) is 12.4. The molecule has 5 rings (SSSR count). The van der Waals surface area contributed by atoms with Gasteiger partial charge in [-0.15, -0.1) is 0 Å². The summed E-state index contributed by atoms with van der Waals surface area (Å²) in [6, 6.07) is 10.4. The van der Waals surface area contributed by atoms with E-state index >= 15 is 0 Å². The van der Waals surface area contributed by atoms with Crippen LogP contribution in [-0.4, -0.2) is 118 Å². The van der Waals surface area contributed by atoms with Crippen LogP contribution >= 0.6 is 0 Å². The van der Waals surface area contributed by atoms with Crippen LogP contribution in [0.4, 0.5) is 0 Å². The summed E-state index contributed by atoms with van der Waals surface area (Å²) in [6.45, 7) is 6.79. The fourth-order valence-electron chi connectivity index (χ4n) is 7.11. The highest BCUT2D eigenvalue weighted by molar-refractivity contribution is 5.83. The largest absolute Gasteiger partial charge is 0.381 e. The number of likely N-dealkylation sites (tertiary alicyclic amines) is 2. The lowest BCUT2D eigenvalue weighted by atomic mass is 9.80. The molecule has 4 aliphatic heterocycles. The number of nitrogens with zero attached hydrogens (tertiary/aromatic N) is 2. The highest BCUT2D eigenvalue weighted by atomic mass is 16.5. The van der Waals surface area contributed by atoms with Crippen LogP contribution < -0.4 is 16.0 Å². The van der Waals surface area contributed by atoms with Crippen LogP contribution in [0.5, 0.6) is 0 Å². The van der Waals surface area contributed by atoms with E-state index in [0.29, 0.717) is 71.4 Å². The average molecular weight is 600 g/mol. The summed E-state index contributed by atoms with van der Waals surface area (Å²) in [4.78, 5) is 43.8. The summed E-state index contributed by atoms with van der Waals surface area (Å²) in [6.07, 6.45) is 4.60. The maximum atomic E-state index is 13.6. The van der Waals surface area contributed by atoms with Gasteiger partial charge in [-0.2, -0.15) is 0 Å². The molecule has 11 nitrogen and oxygen atoms in total. The van der Waals surface area contributed by atoms with Gasteiger partial charge in [0, 0.05) is 64.4 Å². The summed E-state index contributed by atoms with van der Waals surface area (Å²) in [5, 5.41) is 9.33. The third-order valence-corrected chi connectivity index (χ3v) is 9.33. The maximum absolute atomic E-state index is 13.6. The molecule has 0 unspecified atom stereocenters. The number of fused-ring (bicyclic) bond motifs is 3. The number of nitrogens with one attached hydrogen (secondary N) is 3. The molecule has 4 saturated heterocycles. The van der Waals surface area contributed by atoms with Crippen molar-refractivity contribution in [1.29, 1.82) is 0 Å². The van der Waals surface area contributed by atoms with Gasteiger partial charge in [0.2, 0.25) is 17.7 Å². The highest BCUT2D eigenvalue weighted by Gasteiger charge is 2.41. The van der Waals surface area contributed by atoms with Gasteiger partial charge >= 0.3 is 0 Å². The van der Waals surface area contributed by atoms with E-state index in [1.807, 2.05) is 6.07 Å². The van der Waals surface area contributed by atoms with Gasteiger partial charge in [0.25, 0.3) is 0 Å². The molecule has 0 aromatic heterocycles. The standard InChI is InChI=1S/C32H49N5O6/c38-30-18-25-7-12-36(20-24-4-2-1-3-5-24)21-26(25)6-10-34-32(40)29-19-27(22-37(29)28-8-13-41-14-9-28)35-31(39)23-43-17-16-42-15-11-33-30/h1-5,25-29H,6-23H2,(H,33,38)(H,34,40)(H,35,39)/t25-,26-,27-,29-/m0/s1. The molecular weight excluding hydrogens is 550 g/mol. The first-order valence-electron chi connectivity index (χ1n) is 16.1. The molecule has 238 valence electrons. The third kappa shape index (κ3) is 9.71. The number of ether oxygens (including phenoxy) is 3. The van der Waals surface area contributed by atoms with Gasteiger partial charge in [0.1, 0.15) is 6.61 Å². The Hall–Kier alpha value is -2.57. The van der Waals surface area contributed by atoms with Gasteiger partial charge in [-0.25, -0.2) is 0 Å². The Morgan fingerprint density at radius 2 is 1.56 bits per heavy atom. The van der Waals surface area contributed by atoms with E-state index in [9.17, 15) is 14.4 Å². The fraction of sp³-hybridized carbons (Fsp3) is 0.719. The van der Waals surface area contributed by atoms with Crippen LogP contribution in [0, 0.1) is 11.8 Å². The molecule has 1 aromatic carbocycles. The monoisotopic (exact) mass is 599 g/mol. The number of rotatable bonds is 3. The predicted molar refractivity (Wildman–Crippen MR) is 161 cm³/mol. The van der Waals surface area contributed by atoms with Crippen LogP contribution in [0.15, 0.2) is 30.3 Å². The van der Waals surface area contributed by atoms with Crippen LogP contribution in [0.2, 0.25) is 0 Å². The van der Waals surface area contributed by atoms with Gasteiger partial charge in [-0.1, -0.05) is 30.3 Å². The van der Waals surface area contributed by atoms with E-state index in [0.717, 1.165) is 45.3 Å². The SMILES string of the molecule is O=C1C[C@@H]2CCN(Cc3ccccc3)C[C@@H]2CCNC(=O)[C@@H]2C[C@@H](CN2C2CCOCC2)NC(=O)COCCOCCN1. The summed E-state index contributed by atoms with van der Waals surface area (Å²) in [7, 11) is 0. The minimum atomic E-state index is -0.292. The lowest BCUT2D eigenvalue weighted by Gasteiger charge is -2.39. The van der Waals surface area contributed by atoms with Crippen molar-refractivity contribution in [1.82, 2.24) is 25.8 Å². The van der Waals surface area contributed by atoms with Crippen molar-refractivity contribution in [2.24, 2.45) is 11.8 Å². The molecule has 3 amide bonds. The summed E-state index contributed by atoms with van der Waals surface area (Å²) < 4.78 is 16.7. The lowest BCUT2D eigenvalue weighted by Crippen LogP contribution is -2.50. The van der Waals surface area contributed by atoms with E-state index in [-0.39, 0.29) is 48.4 Å². The van der Waals surface area contributed by atoms with E-state index in [1.54, 1.807) is 0 Å². The van der Waals surface area contributed by atoms with Crippen LogP contribution in [-0.2, 0) is 35.1 Å². The van der Waals surface area contributed by atoms with Crippen LogP contribution in [0.25, 0.3) is 0 Å². The second kappa shape index (κ2) is 16.5. The minimum Gasteiger partial charge on any atom is -0.381 e. The summed E-state index contributed by atoms with van der Waals surface area (Å²) in [5.74, 6) is 0.445. The molecule has 3 N–H and O–H groups in total. The Balaban J connectivity index is 1.25. The molecule has 0 spiro atoms. The molecule has 0 radical (unpaired) electrons. The van der Waals surface area contributed by atoms with Gasteiger partial charge in [0.05, 0.1) is 25.9 Å². The van der Waals surface area contributed by atoms with E-state index in [1.165, 1.54) is 5.56 Å². The number of hydrogen-bond acceptors (Lipinski definition) is 8. The van der Waals surface area contributed by atoms with E-state index in [2.05, 4.69) is 50.0 Å². The number of hydrogen-bond donors (Lipinski definition) is 3. The van der Waals surface area contributed by atoms with Crippen molar-refractivity contribution in [3.8, 4) is 0 Å². The van der Waals surface area contributed by atoms with Crippen molar-refractivity contribution in [3.05, 3.63) is 35.9 Å². The summed E-state index contributed by atoms with van der Waals surface area (Å²) in [5.41, 5.74) is 1.29. The van der Waals surface area contributed by atoms with E-state index < -0.39 is 0 Å². The molecule has 43 heavy (non-hydrogen) atoms. The molecular formula is C32H49N5O6. The van der Waals surface area contributed by atoms with Gasteiger partial charge in [0.15, 0.2) is 0 Å². The Morgan fingerprint density at radius 3 is 2.40 bits per heavy atom. The van der Waals surface area contributed by atoms with Crippen molar-refractivity contribution < 1.29 is 28.6 Å². The van der Waals surface area contributed by atoms with Crippen molar-refractivity contribution in [2.45, 2.75) is 63.2 Å². The van der Waals surface area contributed by atoms with Crippen molar-refractivity contribution in [3.63, 3.8) is 0 Å². The Morgan fingerprint density at radius 1 is 0.767 bits per heavy atom. The normalized spacial score (nSPS) is 30.4. The lowest BCUT2D eigenvalue weighted by molar-refractivity contribution is -0.128. The first-order valence-corrected chi connectivity index (χ1v) is 16.1. The van der Waals surface area contributed by atoms with Crippen molar-refractivity contribution >= 4 is 17.7 Å². The fourth-order valence-corrected chi connectivity index (χ4v) is 7.11. The van der Waals surface area contributed by atoms with Gasteiger partial charge in [-0.3, -0.25) is 24.2 Å². The zero-order valence-electron chi connectivity index (χ0n) is 25.3. The molecule has 0 saturated carbocycles. The molecule has 4 heterocycles. The first-order chi connectivity index (χ1) is 21.0.